The van der Waals surface area contributed by atoms with Gasteiger partial charge in [-0.1, -0.05) is 25.1 Å². The summed E-state index contributed by atoms with van der Waals surface area (Å²) in [6, 6.07) is 8.21. The summed E-state index contributed by atoms with van der Waals surface area (Å²) < 4.78 is 0. The predicted molar refractivity (Wildman–Crippen MR) is 100 cm³/mol. The zero-order valence-electron chi connectivity index (χ0n) is 15.1. The average molecular weight is 339 g/mol. The minimum Gasteiger partial charge on any atom is -0.353 e. The second-order valence-corrected chi connectivity index (χ2v) is 6.32. The van der Waals surface area contributed by atoms with Crippen LogP contribution in [0.1, 0.15) is 25.0 Å². The van der Waals surface area contributed by atoms with Gasteiger partial charge in [0.1, 0.15) is 5.82 Å². The second kappa shape index (κ2) is 7.51. The van der Waals surface area contributed by atoms with Crippen molar-refractivity contribution >= 4 is 23.4 Å². The number of hydrogen-bond donors (Lipinski definition) is 1. The molecule has 1 aliphatic rings. The molecule has 0 bridgehead atoms. The van der Waals surface area contributed by atoms with E-state index < -0.39 is 0 Å². The monoisotopic (exact) mass is 339 g/mol. The zero-order chi connectivity index (χ0) is 17.8. The third kappa shape index (κ3) is 3.90. The first kappa shape index (κ1) is 17.2. The van der Waals surface area contributed by atoms with Crippen LogP contribution in [0.4, 0.5) is 17.5 Å². The molecule has 2 heterocycles. The fourth-order valence-corrected chi connectivity index (χ4v) is 3.15. The molecule has 0 radical (unpaired) electrons. The van der Waals surface area contributed by atoms with Gasteiger partial charge in [0, 0.05) is 45.0 Å². The number of rotatable bonds is 4. The van der Waals surface area contributed by atoms with Crippen LogP contribution < -0.4 is 10.2 Å². The van der Waals surface area contributed by atoms with Gasteiger partial charge >= 0.3 is 0 Å². The number of carbonyl (C=O) groups is 1. The molecule has 6 heteroatoms. The number of carbonyl (C=O) groups excluding carboxylic acids is 1. The van der Waals surface area contributed by atoms with E-state index in [9.17, 15) is 4.79 Å². The maximum absolute atomic E-state index is 11.5. The van der Waals surface area contributed by atoms with Crippen molar-refractivity contribution in [3.05, 3.63) is 41.6 Å². The van der Waals surface area contributed by atoms with Crippen LogP contribution in [0, 0.1) is 6.92 Å². The fraction of sp³-hybridized carbons (Fsp3) is 0.421. The lowest BCUT2D eigenvalue weighted by Crippen LogP contribution is -2.48. The van der Waals surface area contributed by atoms with Crippen LogP contribution in [0.3, 0.4) is 0 Å². The Kier molecular flexibility index (Phi) is 5.16. The summed E-state index contributed by atoms with van der Waals surface area (Å²) in [5.41, 5.74) is 3.52. The van der Waals surface area contributed by atoms with Crippen LogP contribution >= 0.6 is 0 Å². The number of aromatic nitrogens is 2. The number of amides is 1. The van der Waals surface area contributed by atoms with Crippen LogP contribution in [-0.2, 0) is 11.2 Å². The largest absolute Gasteiger partial charge is 0.353 e. The van der Waals surface area contributed by atoms with Crippen LogP contribution in [0.2, 0.25) is 0 Å². The lowest BCUT2D eigenvalue weighted by molar-refractivity contribution is -0.129. The molecule has 2 aromatic rings. The molecule has 1 N–H and O–H groups in total. The molecule has 132 valence electrons. The number of benzene rings is 1. The smallest absolute Gasteiger partial charge is 0.229 e. The van der Waals surface area contributed by atoms with Crippen LogP contribution in [0.25, 0.3) is 0 Å². The highest BCUT2D eigenvalue weighted by Crippen LogP contribution is 2.24. The summed E-state index contributed by atoms with van der Waals surface area (Å²) in [5, 5.41) is 3.38. The molecule has 25 heavy (non-hydrogen) atoms. The third-order valence-electron chi connectivity index (χ3n) is 4.67. The standard InChI is InChI=1S/C19H25N5O/c1-4-16-7-5-6-14(2)18(16)22-19-20-9-8-17(21-19)24-12-10-23(11-13-24)15(3)25/h5-9H,4,10-13H2,1-3H3,(H,20,21,22). The quantitative estimate of drug-likeness (QED) is 0.928. The minimum absolute atomic E-state index is 0.136. The number of aryl methyl sites for hydroxylation is 2. The first-order valence-electron chi connectivity index (χ1n) is 8.77. The predicted octanol–water partition coefficient (Wildman–Crippen LogP) is 2.76. The van der Waals surface area contributed by atoms with Gasteiger partial charge in [-0.2, -0.15) is 4.98 Å². The molecule has 1 amide bonds. The molecule has 1 aromatic carbocycles. The number of hydrogen-bond acceptors (Lipinski definition) is 5. The molecule has 0 unspecified atom stereocenters. The maximum Gasteiger partial charge on any atom is 0.229 e. The number of para-hydroxylation sites is 1. The van der Waals surface area contributed by atoms with Gasteiger partial charge in [0.25, 0.3) is 0 Å². The van der Waals surface area contributed by atoms with Crippen LogP contribution in [0.5, 0.6) is 0 Å². The number of piperazine rings is 1. The summed E-state index contributed by atoms with van der Waals surface area (Å²) in [7, 11) is 0. The zero-order valence-corrected chi connectivity index (χ0v) is 15.1. The van der Waals surface area contributed by atoms with Gasteiger partial charge in [-0.15, -0.1) is 0 Å². The Morgan fingerprint density at radius 3 is 2.64 bits per heavy atom. The molecular formula is C19H25N5O. The summed E-state index contributed by atoms with van der Waals surface area (Å²) in [6.45, 7) is 8.91. The van der Waals surface area contributed by atoms with Crippen molar-refractivity contribution < 1.29 is 4.79 Å². The minimum atomic E-state index is 0.136. The van der Waals surface area contributed by atoms with Gasteiger partial charge < -0.3 is 15.1 Å². The first-order chi connectivity index (χ1) is 12.1. The maximum atomic E-state index is 11.5. The van der Waals surface area contributed by atoms with Gasteiger partial charge in [0.15, 0.2) is 0 Å². The van der Waals surface area contributed by atoms with Crippen molar-refractivity contribution in [3.63, 3.8) is 0 Å². The normalized spacial score (nSPS) is 14.5. The second-order valence-electron chi connectivity index (χ2n) is 6.32. The topological polar surface area (TPSA) is 61.4 Å². The van der Waals surface area contributed by atoms with E-state index in [4.69, 9.17) is 0 Å². The summed E-state index contributed by atoms with van der Waals surface area (Å²) >= 11 is 0. The lowest BCUT2D eigenvalue weighted by atomic mass is 10.1. The Balaban J connectivity index is 1.76. The molecular weight excluding hydrogens is 314 g/mol. The Labute approximate surface area is 148 Å². The highest BCUT2D eigenvalue weighted by molar-refractivity contribution is 5.73. The molecule has 0 aliphatic carbocycles. The fourth-order valence-electron chi connectivity index (χ4n) is 3.15. The third-order valence-corrected chi connectivity index (χ3v) is 4.67. The van der Waals surface area contributed by atoms with E-state index in [0.29, 0.717) is 5.95 Å². The summed E-state index contributed by atoms with van der Waals surface area (Å²) in [4.78, 5) is 24.6. The molecule has 1 aliphatic heterocycles. The highest BCUT2D eigenvalue weighted by atomic mass is 16.2. The molecule has 3 rings (SSSR count). The highest BCUT2D eigenvalue weighted by Gasteiger charge is 2.20. The van der Waals surface area contributed by atoms with E-state index in [2.05, 4.69) is 52.2 Å². The molecule has 1 saturated heterocycles. The molecule has 1 fully saturated rings. The number of anilines is 3. The van der Waals surface area contributed by atoms with E-state index >= 15 is 0 Å². The van der Waals surface area contributed by atoms with Gasteiger partial charge in [-0.3, -0.25) is 4.79 Å². The average Bonchev–Trinajstić information content (AvgIpc) is 2.63. The molecule has 0 saturated carbocycles. The van der Waals surface area contributed by atoms with E-state index in [1.54, 1.807) is 13.1 Å². The van der Waals surface area contributed by atoms with E-state index in [1.807, 2.05) is 11.0 Å². The Morgan fingerprint density at radius 1 is 1.20 bits per heavy atom. The SMILES string of the molecule is CCc1cccc(C)c1Nc1nccc(N2CCN(C(C)=O)CC2)n1. The van der Waals surface area contributed by atoms with Gasteiger partial charge in [-0.25, -0.2) is 4.98 Å². The Morgan fingerprint density at radius 2 is 1.96 bits per heavy atom. The van der Waals surface area contributed by atoms with Crippen molar-refractivity contribution in [3.8, 4) is 0 Å². The molecule has 1 aromatic heterocycles. The molecule has 0 atom stereocenters. The summed E-state index contributed by atoms with van der Waals surface area (Å²) in [5.74, 6) is 1.64. The Bertz CT molecular complexity index is 753. The summed E-state index contributed by atoms with van der Waals surface area (Å²) in [6.07, 6.45) is 2.74. The van der Waals surface area contributed by atoms with Crippen LogP contribution in [0.15, 0.2) is 30.5 Å². The van der Waals surface area contributed by atoms with E-state index in [0.717, 1.165) is 44.1 Å². The van der Waals surface area contributed by atoms with Crippen molar-refractivity contribution in [1.82, 2.24) is 14.9 Å². The van der Waals surface area contributed by atoms with Crippen molar-refractivity contribution in [2.24, 2.45) is 0 Å². The van der Waals surface area contributed by atoms with Crippen LogP contribution in [-0.4, -0.2) is 47.0 Å². The van der Waals surface area contributed by atoms with Gasteiger partial charge in [-0.05, 0) is 30.5 Å². The number of nitrogens with one attached hydrogen (secondary N) is 1. The van der Waals surface area contributed by atoms with E-state index in [-0.39, 0.29) is 5.91 Å². The van der Waals surface area contributed by atoms with Crippen molar-refractivity contribution in [2.75, 3.05) is 36.4 Å². The molecule has 6 nitrogen and oxygen atoms in total. The first-order valence-corrected chi connectivity index (χ1v) is 8.77. The van der Waals surface area contributed by atoms with Crippen molar-refractivity contribution in [1.29, 1.82) is 0 Å². The van der Waals surface area contributed by atoms with Gasteiger partial charge in [0.05, 0.1) is 0 Å². The number of nitrogens with zero attached hydrogens (tertiary/aromatic N) is 4. The lowest BCUT2D eigenvalue weighted by Gasteiger charge is -2.34. The molecule has 0 spiro atoms. The van der Waals surface area contributed by atoms with E-state index in [1.165, 1.54) is 11.1 Å². The van der Waals surface area contributed by atoms with Crippen molar-refractivity contribution in [2.45, 2.75) is 27.2 Å². The van der Waals surface area contributed by atoms with Gasteiger partial charge in [0.2, 0.25) is 11.9 Å². The Hall–Kier alpha value is -2.63.